The monoisotopic (exact) mass is 405 g/mol. The summed E-state index contributed by atoms with van der Waals surface area (Å²) in [5.74, 6) is 1.86. The van der Waals surface area contributed by atoms with E-state index in [4.69, 9.17) is 26.0 Å². The molecule has 7 nitrogen and oxygen atoms in total. The minimum atomic E-state index is -3.69. The number of nitrogens with two attached hydrogens (primary N) is 1. The highest BCUT2D eigenvalue weighted by Gasteiger charge is 2.43. The highest BCUT2D eigenvalue weighted by Crippen LogP contribution is 2.54. The van der Waals surface area contributed by atoms with Crippen molar-refractivity contribution in [2.45, 2.75) is 23.2 Å². The van der Waals surface area contributed by atoms with Crippen molar-refractivity contribution < 1.29 is 17.7 Å². The molecule has 3 aromatic rings. The van der Waals surface area contributed by atoms with E-state index < -0.39 is 10.0 Å². The molecule has 2 unspecified atom stereocenters. The summed E-state index contributed by atoms with van der Waals surface area (Å²) in [6.07, 6.45) is 0.850. The number of benzene rings is 2. The first-order valence-corrected chi connectivity index (χ1v) is 10.1. The van der Waals surface area contributed by atoms with Gasteiger partial charge in [-0.3, -0.25) is 0 Å². The molecule has 1 fully saturated rings. The summed E-state index contributed by atoms with van der Waals surface area (Å²) < 4.78 is 33.5. The topological polar surface area (TPSA) is 108 Å². The predicted molar refractivity (Wildman–Crippen MR) is 99.2 cm³/mol. The fourth-order valence-electron chi connectivity index (χ4n) is 3.09. The van der Waals surface area contributed by atoms with Crippen molar-refractivity contribution >= 4 is 21.6 Å². The number of methoxy groups -OCH3 is 1. The summed E-state index contributed by atoms with van der Waals surface area (Å²) in [6, 6.07) is 11.8. The van der Waals surface area contributed by atoms with Crippen molar-refractivity contribution in [3.05, 3.63) is 58.9 Å². The SMILES string of the molecule is COc1ccc(Cl)cc1-c1noc(C2CC2c2ccc(S(N)(=O)=O)cc2)n1. The Morgan fingerprint density at radius 2 is 1.93 bits per heavy atom. The van der Waals surface area contributed by atoms with Crippen LogP contribution in [0.1, 0.15) is 29.7 Å². The number of nitrogens with zero attached hydrogens (tertiary/aromatic N) is 2. The summed E-state index contributed by atoms with van der Waals surface area (Å²) in [5.41, 5.74) is 1.67. The molecule has 4 rings (SSSR count). The van der Waals surface area contributed by atoms with E-state index in [1.165, 1.54) is 12.1 Å². The van der Waals surface area contributed by atoms with Crippen LogP contribution in [0.2, 0.25) is 5.02 Å². The predicted octanol–water partition coefficient (Wildman–Crippen LogP) is 3.32. The quantitative estimate of drug-likeness (QED) is 0.697. The van der Waals surface area contributed by atoms with E-state index in [2.05, 4.69) is 10.1 Å². The number of primary sulfonamides is 1. The van der Waals surface area contributed by atoms with E-state index >= 15 is 0 Å². The Hall–Kier alpha value is -2.42. The number of ether oxygens (including phenoxy) is 1. The maximum atomic E-state index is 11.4. The number of sulfonamides is 1. The van der Waals surface area contributed by atoms with E-state index in [1.807, 2.05) is 0 Å². The lowest BCUT2D eigenvalue weighted by molar-refractivity contribution is 0.378. The maximum absolute atomic E-state index is 11.4. The highest BCUT2D eigenvalue weighted by atomic mass is 35.5. The molecule has 9 heteroatoms. The summed E-state index contributed by atoms with van der Waals surface area (Å²) in [6.45, 7) is 0. The third-order valence-electron chi connectivity index (χ3n) is 4.59. The molecule has 1 aliphatic carbocycles. The zero-order chi connectivity index (χ0) is 19.2. The Balaban J connectivity index is 1.55. The Kier molecular flexibility index (Phi) is 4.41. The molecule has 0 saturated heterocycles. The van der Waals surface area contributed by atoms with Crippen LogP contribution in [0.3, 0.4) is 0 Å². The van der Waals surface area contributed by atoms with Crippen LogP contribution in [0.15, 0.2) is 51.9 Å². The third kappa shape index (κ3) is 3.55. The van der Waals surface area contributed by atoms with Gasteiger partial charge >= 0.3 is 0 Å². The summed E-state index contributed by atoms with van der Waals surface area (Å²) >= 11 is 6.06. The lowest BCUT2D eigenvalue weighted by atomic mass is 10.1. The number of halogens is 1. The molecule has 2 atom stereocenters. The molecule has 27 heavy (non-hydrogen) atoms. The molecule has 0 amide bonds. The Morgan fingerprint density at radius 1 is 1.19 bits per heavy atom. The second-order valence-corrected chi connectivity index (χ2v) is 8.36. The molecule has 1 saturated carbocycles. The van der Waals surface area contributed by atoms with Crippen LogP contribution < -0.4 is 9.88 Å². The number of aromatic nitrogens is 2. The molecule has 1 aliphatic rings. The van der Waals surface area contributed by atoms with Gasteiger partial charge in [0.15, 0.2) is 0 Å². The van der Waals surface area contributed by atoms with Crippen molar-refractivity contribution in [3.63, 3.8) is 0 Å². The van der Waals surface area contributed by atoms with Crippen molar-refractivity contribution in [2.24, 2.45) is 5.14 Å². The van der Waals surface area contributed by atoms with Crippen LogP contribution >= 0.6 is 11.6 Å². The molecule has 2 aromatic carbocycles. The van der Waals surface area contributed by atoms with Crippen LogP contribution in [0.25, 0.3) is 11.4 Å². The van der Waals surface area contributed by atoms with Crippen LogP contribution in [-0.4, -0.2) is 25.7 Å². The lowest BCUT2D eigenvalue weighted by Crippen LogP contribution is -2.11. The largest absolute Gasteiger partial charge is 0.496 e. The molecule has 1 aromatic heterocycles. The minimum Gasteiger partial charge on any atom is -0.496 e. The van der Waals surface area contributed by atoms with Crippen molar-refractivity contribution in [1.29, 1.82) is 0 Å². The van der Waals surface area contributed by atoms with Gasteiger partial charge in [-0.25, -0.2) is 13.6 Å². The highest BCUT2D eigenvalue weighted by molar-refractivity contribution is 7.89. The molecular weight excluding hydrogens is 390 g/mol. The average molecular weight is 406 g/mol. The fraction of sp³-hybridized carbons (Fsp3) is 0.222. The third-order valence-corrected chi connectivity index (χ3v) is 5.75. The standard InChI is InChI=1S/C18H16ClN3O4S/c1-25-16-7-4-11(19)8-15(16)17-21-18(26-22-17)14-9-13(14)10-2-5-12(6-3-10)27(20,23)24/h2-8,13-14H,9H2,1H3,(H2,20,23,24). The second-order valence-electron chi connectivity index (χ2n) is 6.36. The Labute approximate surface area is 161 Å². The summed E-state index contributed by atoms with van der Waals surface area (Å²) in [5, 5.41) is 9.73. The van der Waals surface area contributed by atoms with Crippen molar-refractivity contribution in [3.8, 4) is 17.1 Å². The number of rotatable bonds is 5. The van der Waals surface area contributed by atoms with E-state index in [0.29, 0.717) is 28.1 Å². The van der Waals surface area contributed by atoms with E-state index in [0.717, 1.165) is 12.0 Å². The molecule has 140 valence electrons. The minimum absolute atomic E-state index is 0.0941. The first kappa shape index (κ1) is 18.0. The van der Waals surface area contributed by atoms with Gasteiger partial charge in [0.25, 0.3) is 0 Å². The first-order valence-electron chi connectivity index (χ1n) is 8.17. The van der Waals surface area contributed by atoms with E-state index in [1.54, 1.807) is 37.4 Å². The van der Waals surface area contributed by atoms with E-state index in [-0.39, 0.29) is 16.7 Å². The zero-order valence-corrected chi connectivity index (χ0v) is 15.9. The van der Waals surface area contributed by atoms with Gasteiger partial charge in [-0.05, 0) is 48.2 Å². The molecule has 2 N–H and O–H groups in total. The molecule has 0 bridgehead atoms. The fourth-order valence-corrected chi connectivity index (χ4v) is 3.78. The molecule has 0 radical (unpaired) electrons. The molecule has 1 heterocycles. The van der Waals surface area contributed by atoms with Gasteiger partial charge in [-0.2, -0.15) is 4.98 Å². The Morgan fingerprint density at radius 3 is 2.59 bits per heavy atom. The van der Waals surface area contributed by atoms with Gasteiger partial charge < -0.3 is 9.26 Å². The normalized spacial score (nSPS) is 19.1. The van der Waals surface area contributed by atoms with Gasteiger partial charge in [0.1, 0.15) is 5.75 Å². The number of hydrogen-bond acceptors (Lipinski definition) is 6. The number of hydrogen-bond donors (Lipinski definition) is 1. The maximum Gasteiger partial charge on any atom is 0.238 e. The van der Waals surface area contributed by atoms with Crippen LogP contribution in [0, 0.1) is 0 Å². The van der Waals surface area contributed by atoms with Gasteiger partial charge in [-0.1, -0.05) is 28.9 Å². The van der Waals surface area contributed by atoms with Gasteiger partial charge in [0.05, 0.1) is 17.6 Å². The second kappa shape index (κ2) is 6.63. The first-order chi connectivity index (χ1) is 12.9. The summed E-state index contributed by atoms with van der Waals surface area (Å²) in [4.78, 5) is 4.59. The van der Waals surface area contributed by atoms with Gasteiger partial charge in [0, 0.05) is 10.9 Å². The van der Waals surface area contributed by atoms with Gasteiger partial charge in [-0.15, -0.1) is 0 Å². The van der Waals surface area contributed by atoms with Crippen molar-refractivity contribution in [1.82, 2.24) is 10.1 Å². The molecular formula is C18H16ClN3O4S. The zero-order valence-electron chi connectivity index (χ0n) is 14.3. The lowest BCUT2D eigenvalue weighted by Gasteiger charge is -2.04. The average Bonchev–Trinajstić information content (AvgIpc) is 3.29. The Bertz CT molecular complexity index is 1100. The summed E-state index contributed by atoms with van der Waals surface area (Å²) in [7, 11) is -2.13. The van der Waals surface area contributed by atoms with Gasteiger partial charge in [0.2, 0.25) is 21.7 Å². The van der Waals surface area contributed by atoms with E-state index in [9.17, 15) is 8.42 Å². The van der Waals surface area contributed by atoms with Crippen molar-refractivity contribution in [2.75, 3.05) is 7.11 Å². The molecule has 0 aliphatic heterocycles. The van der Waals surface area contributed by atoms with Crippen LogP contribution in [0.5, 0.6) is 5.75 Å². The smallest absolute Gasteiger partial charge is 0.238 e. The molecule has 0 spiro atoms. The van der Waals surface area contributed by atoms with Crippen LogP contribution in [-0.2, 0) is 10.0 Å². The van der Waals surface area contributed by atoms with Crippen LogP contribution in [0.4, 0.5) is 0 Å².